The van der Waals surface area contributed by atoms with Crippen molar-refractivity contribution in [2.45, 2.75) is 26.0 Å². The monoisotopic (exact) mass is 358 g/mol. The third-order valence-corrected chi connectivity index (χ3v) is 5.32. The minimum Gasteiger partial charge on any atom is -0.371 e. The molecule has 2 aliphatic heterocycles. The lowest BCUT2D eigenvalue weighted by atomic mass is 9.97. The molecule has 4 rings (SSSR count). The highest BCUT2D eigenvalue weighted by Gasteiger charge is 2.41. The summed E-state index contributed by atoms with van der Waals surface area (Å²) in [5.74, 6) is 0.261. The molecule has 1 amide bonds. The van der Waals surface area contributed by atoms with Crippen LogP contribution >= 0.6 is 0 Å². The van der Waals surface area contributed by atoms with Crippen LogP contribution in [-0.2, 0) is 16.1 Å². The van der Waals surface area contributed by atoms with Crippen molar-refractivity contribution in [3.63, 3.8) is 0 Å². The van der Waals surface area contributed by atoms with E-state index in [1.54, 1.807) is 17.2 Å². The first-order valence-electron chi connectivity index (χ1n) is 9.05. The number of nitrogens with zero attached hydrogens (tertiary/aromatic N) is 4. The Morgan fingerprint density at radius 1 is 1.35 bits per heavy atom. The molecule has 1 aromatic heterocycles. The van der Waals surface area contributed by atoms with Gasteiger partial charge in [0.15, 0.2) is 0 Å². The Hall–Kier alpha value is -2.41. The van der Waals surface area contributed by atoms with E-state index in [4.69, 9.17) is 4.74 Å². The summed E-state index contributed by atoms with van der Waals surface area (Å²) in [6.07, 6.45) is 3.99. The van der Waals surface area contributed by atoms with Crippen molar-refractivity contribution in [1.82, 2.24) is 9.55 Å². The van der Waals surface area contributed by atoms with Gasteiger partial charge in [0.25, 0.3) is 0 Å². The number of fused-ring (bicyclic) bond motifs is 1. The van der Waals surface area contributed by atoms with Gasteiger partial charge in [0.05, 0.1) is 17.3 Å². The van der Waals surface area contributed by atoms with Crippen molar-refractivity contribution in [2.75, 3.05) is 36.5 Å². The molecule has 1 aromatic carbocycles. The molecule has 2 aromatic rings. The Kier molecular flexibility index (Phi) is 4.40. The molecule has 7 heteroatoms. The molecule has 0 aliphatic carbocycles. The Morgan fingerprint density at radius 3 is 3.00 bits per heavy atom. The number of aryl methyl sites for hydroxylation is 1. The maximum atomic E-state index is 13.7. The van der Waals surface area contributed by atoms with Gasteiger partial charge in [-0.2, -0.15) is 0 Å². The number of imidazole rings is 1. The van der Waals surface area contributed by atoms with Gasteiger partial charge in [0.1, 0.15) is 17.7 Å². The van der Waals surface area contributed by atoms with Crippen LogP contribution in [0.15, 0.2) is 30.6 Å². The zero-order valence-corrected chi connectivity index (χ0v) is 15.1. The van der Waals surface area contributed by atoms with Gasteiger partial charge in [-0.25, -0.2) is 9.37 Å². The van der Waals surface area contributed by atoms with Gasteiger partial charge in [-0.15, -0.1) is 0 Å². The van der Waals surface area contributed by atoms with Gasteiger partial charge >= 0.3 is 0 Å². The van der Waals surface area contributed by atoms with E-state index in [0.29, 0.717) is 26.1 Å². The first-order chi connectivity index (χ1) is 12.6. The van der Waals surface area contributed by atoms with Crippen LogP contribution in [0.3, 0.4) is 0 Å². The maximum Gasteiger partial charge on any atom is 0.233 e. The number of likely N-dealkylation sites (N-methyl/N-ethyl adjacent to an activating group) is 1. The molecule has 0 saturated carbocycles. The number of halogens is 1. The van der Waals surface area contributed by atoms with E-state index >= 15 is 0 Å². The zero-order valence-electron chi connectivity index (χ0n) is 15.1. The van der Waals surface area contributed by atoms with Crippen molar-refractivity contribution in [3.05, 3.63) is 42.2 Å². The molecule has 2 aliphatic rings. The van der Waals surface area contributed by atoms with Crippen molar-refractivity contribution in [3.8, 4) is 0 Å². The van der Waals surface area contributed by atoms with Crippen LogP contribution in [0.4, 0.5) is 15.8 Å². The van der Waals surface area contributed by atoms with Gasteiger partial charge in [-0.05, 0) is 31.5 Å². The standard InChI is InChI=1S/C19H23FN4O2/c1-3-23-8-7-21-18(23)17-14(6-11-26-17)19(25)24-10-9-22(2)16-12-13(20)4-5-15(16)24/h4-5,7-8,12,14,17H,3,6,9-11H2,1-2H3/t14-,17-/m1/s1. The molecule has 1 saturated heterocycles. The highest BCUT2D eigenvalue weighted by molar-refractivity contribution is 5.99. The molecular formula is C19H23FN4O2. The van der Waals surface area contributed by atoms with Crippen LogP contribution in [-0.4, -0.2) is 42.2 Å². The highest BCUT2D eigenvalue weighted by Crippen LogP contribution is 2.39. The smallest absolute Gasteiger partial charge is 0.233 e. The molecule has 0 spiro atoms. The normalized spacial score (nSPS) is 22.6. The third kappa shape index (κ3) is 2.76. The first kappa shape index (κ1) is 17.0. The Bertz CT molecular complexity index is 822. The summed E-state index contributed by atoms with van der Waals surface area (Å²) in [7, 11) is 1.92. The second-order valence-electron chi connectivity index (χ2n) is 6.80. The summed E-state index contributed by atoms with van der Waals surface area (Å²) in [6.45, 7) is 4.63. The van der Waals surface area contributed by atoms with Gasteiger partial charge < -0.3 is 19.1 Å². The van der Waals surface area contributed by atoms with Crippen LogP contribution in [0.1, 0.15) is 25.3 Å². The topological polar surface area (TPSA) is 50.6 Å². The maximum absolute atomic E-state index is 13.7. The van der Waals surface area contributed by atoms with E-state index in [0.717, 1.165) is 23.7 Å². The molecule has 2 atom stereocenters. The average Bonchev–Trinajstić information content (AvgIpc) is 3.30. The highest BCUT2D eigenvalue weighted by atomic mass is 19.1. The molecular weight excluding hydrogens is 335 g/mol. The van der Waals surface area contributed by atoms with E-state index in [9.17, 15) is 9.18 Å². The molecule has 0 bridgehead atoms. The number of ether oxygens (including phenoxy) is 1. The van der Waals surface area contributed by atoms with Crippen molar-refractivity contribution in [1.29, 1.82) is 0 Å². The second-order valence-corrected chi connectivity index (χ2v) is 6.80. The third-order valence-electron chi connectivity index (χ3n) is 5.32. The van der Waals surface area contributed by atoms with Crippen molar-refractivity contribution < 1.29 is 13.9 Å². The van der Waals surface area contributed by atoms with Crippen molar-refractivity contribution >= 4 is 17.3 Å². The number of rotatable bonds is 3. The van der Waals surface area contributed by atoms with E-state index in [1.165, 1.54) is 12.1 Å². The van der Waals surface area contributed by atoms with E-state index in [2.05, 4.69) is 4.98 Å². The predicted octanol–water partition coefficient (Wildman–Crippen LogP) is 2.60. The summed E-state index contributed by atoms with van der Waals surface area (Å²) in [4.78, 5) is 21.5. The minimum absolute atomic E-state index is 0.0270. The van der Waals surface area contributed by atoms with E-state index in [-0.39, 0.29) is 23.7 Å². The largest absolute Gasteiger partial charge is 0.371 e. The van der Waals surface area contributed by atoms with E-state index < -0.39 is 0 Å². The lowest BCUT2D eigenvalue weighted by molar-refractivity contribution is -0.124. The number of hydrogen-bond acceptors (Lipinski definition) is 4. The average molecular weight is 358 g/mol. The fourth-order valence-electron chi connectivity index (χ4n) is 3.89. The summed E-state index contributed by atoms with van der Waals surface area (Å²) in [5, 5.41) is 0. The van der Waals surface area contributed by atoms with Crippen molar-refractivity contribution in [2.24, 2.45) is 5.92 Å². The second kappa shape index (κ2) is 6.72. The molecule has 3 heterocycles. The molecule has 1 fully saturated rings. The van der Waals surface area contributed by atoms with Gasteiger partial charge in [-0.3, -0.25) is 4.79 Å². The first-order valence-corrected chi connectivity index (χ1v) is 9.05. The Balaban J connectivity index is 1.65. The van der Waals surface area contributed by atoms with Gasteiger partial charge in [0, 0.05) is 45.7 Å². The van der Waals surface area contributed by atoms with E-state index in [1.807, 2.05) is 29.6 Å². The zero-order chi connectivity index (χ0) is 18.3. The van der Waals surface area contributed by atoms with Crippen LogP contribution in [0.25, 0.3) is 0 Å². The molecule has 0 radical (unpaired) electrons. The molecule has 26 heavy (non-hydrogen) atoms. The van der Waals surface area contributed by atoms with Crippen LogP contribution in [0, 0.1) is 11.7 Å². The summed E-state index contributed by atoms with van der Waals surface area (Å²) < 4.78 is 21.6. The fraction of sp³-hybridized carbons (Fsp3) is 0.474. The lowest BCUT2D eigenvalue weighted by Gasteiger charge is -2.37. The van der Waals surface area contributed by atoms with Crippen LogP contribution in [0.5, 0.6) is 0 Å². The number of anilines is 2. The predicted molar refractivity (Wildman–Crippen MR) is 96.7 cm³/mol. The van der Waals surface area contributed by atoms with Gasteiger partial charge in [-0.1, -0.05) is 0 Å². The number of hydrogen-bond donors (Lipinski definition) is 0. The quantitative estimate of drug-likeness (QED) is 0.846. The summed E-state index contributed by atoms with van der Waals surface area (Å²) >= 11 is 0. The number of carbonyl (C=O) groups excluding carboxylic acids is 1. The Labute approximate surface area is 152 Å². The van der Waals surface area contributed by atoms with Crippen LogP contribution < -0.4 is 9.80 Å². The number of amides is 1. The summed E-state index contributed by atoms with van der Waals surface area (Å²) in [5.41, 5.74) is 1.50. The fourth-order valence-corrected chi connectivity index (χ4v) is 3.89. The minimum atomic E-state index is -0.332. The molecule has 6 nitrogen and oxygen atoms in total. The number of benzene rings is 1. The molecule has 138 valence electrons. The Morgan fingerprint density at radius 2 is 2.19 bits per heavy atom. The molecule has 0 unspecified atom stereocenters. The van der Waals surface area contributed by atoms with Crippen LogP contribution in [0.2, 0.25) is 0 Å². The molecule has 0 N–H and O–H groups in total. The summed E-state index contributed by atoms with van der Waals surface area (Å²) in [6, 6.07) is 4.59. The SMILES string of the molecule is CCn1ccnc1[C@@H]1OCC[C@H]1C(=O)N1CCN(C)c2cc(F)ccc21. The lowest BCUT2D eigenvalue weighted by Crippen LogP contribution is -2.45. The van der Waals surface area contributed by atoms with Gasteiger partial charge in [0.2, 0.25) is 5.91 Å². The number of carbonyl (C=O) groups is 1. The number of aromatic nitrogens is 2.